The molecule has 4 rings (SSSR count). The third-order valence-corrected chi connectivity index (χ3v) is 5.87. The van der Waals surface area contributed by atoms with Gasteiger partial charge in [0.1, 0.15) is 12.4 Å². The molecule has 0 aliphatic heterocycles. The van der Waals surface area contributed by atoms with Crippen LogP contribution < -0.4 is 4.90 Å². The van der Waals surface area contributed by atoms with Gasteiger partial charge in [0.15, 0.2) is 4.47 Å². The molecule has 0 aromatic carbocycles. The molecule has 0 unspecified atom stereocenters. The summed E-state index contributed by atoms with van der Waals surface area (Å²) in [6.45, 7) is -0.0632. The number of nitrogens with zero attached hydrogens (tertiary/aromatic N) is 3. The fourth-order valence-electron chi connectivity index (χ4n) is 3.15. The van der Waals surface area contributed by atoms with Crippen LogP contribution in [0.5, 0.6) is 0 Å². The van der Waals surface area contributed by atoms with Gasteiger partial charge in [-0.3, -0.25) is 4.79 Å². The lowest BCUT2D eigenvalue weighted by molar-refractivity contribution is -0.135. The van der Waals surface area contributed by atoms with E-state index in [1.807, 2.05) is 11.0 Å². The summed E-state index contributed by atoms with van der Waals surface area (Å²) in [7, 11) is 0. The van der Waals surface area contributed by atoms with E-state index in [-0.39, 0.29) is 12.1 Å². The number of halogens is 1. The first-order valence-electron chi connectivity index (χ1n) is 7.66. The number of rotatable bonds is 6. The Morgan fingerprint density at radius 1 is 1.43 bits per heavy atom. The van der Waals surface area contributed by atoms with Crippen LogP contribution in [0.1, 0.15) is 42.0 Å². The molecule has 7 heteroatoms. The van der Waals surface area contributed by atoms with Crippen molar-refractivity contribution in [3.8, 4) is 0 Å². The Labute approximate surface area is 142 Å². The highest BCUT2D eigenvalue weighted by atomic mass is 35.5. The molecule has 0 saturated heterocycles. The van der Waals surface area contributed by atoms with Crippen molar-refractivity contribution in [1.82, 2.24) is 9.97 Å². The van der Waals surface area contributed by atoms with Gasteiger partial charge in [0.2, 0.25) is 0 Å². The maximum Gasteiger partial charge on any atom is 0.323 e. The Morgan fingerprint density at radius 3 is 2.78 bits per heavy atom. The molecule has 2 saturated carbocycles. The molecule has 23 heavy (non-hydrogen) atoms. The minimum atomic E-state index is -0.848. The zero-order chi connectivity index (χ0) is 16.0. The van der Waals surface area contributed by atoms with E-state index in [2.05, 4.69) is 16.0 Å². The standard InChI is InChI=1S/C16H16ClN3O2S/c17-15-19-8-12(23-15)16(5-6-16)20(9-13(21)22)14-11(10-3-4-10)2-1-7-18-14/h1-2,7-8,10H,3-6,9H2,(H,21,22). The van der Waals surface area contributed by atoms with E-state index >= 15 is 0 Å². The van der Waals surface area contributed by atoms with Crippen molar-refractivity contribution in [2.45, 2.75) is 37.1 Å². The highest BCUT2D eigenvalue weighted by molar-refractivity contribution is 7.15. The summed E-state index contributed by atoms with van der Waals surface area (Å²) in [4.78, 5) is 23.1. The van der Waals surface area contributed by atoms with Gasteiger partial charge in [-0.2, -0.15) is 0 Å². The van der Waals surface area contributed by atoms with Crippen LogP contribution in [0.15, 0.2) is 24.5 Å². The van der Waals surface area contributed by atoms with E-state index in [4.69, 9.17) is 11.6 Å². The second-order valence-corrected chi connectivity index (χ2v) is 7.79. The number of pyridine rings is 1. The van der Waals surface area contributed by atoms with Gasteiger partial charge < -0.3 is 10.0 Å². The second kappa shape index (κ2) is 5.46. The van der Waals surface area contributed by atoms with Gasteiger partial charge in [-0.1, -0.05) is 17.7 Å². The first kappa shape index (κ1) is 14.9. The Kier molecular flexibility index (Phi) is 3.54. The number of carboxylic acids is 1. The molecular weight excluding hydrogens is 334 g/mol. The smallest absolute Gasteiger partial charge is 0.323 e. The molecule has 0 amide bonds. The highest BCUT2D eigenvalue weighted by Crippen LogP contribution is 2.56. The molecule has 120 valence electrons. The number of hydrogen-bond donors (Lipinski definition) is 1. The number of thiazole rings is 1. The molecular formula is C16H16ClN3O2S. The fourth-order valence-corrected chi connectivity index (χ4v) is 4.34. The number of anilines is 1. The number of hydrogen-bond acceptors (Lipinski definition) is 5. The average molecular weight is 350 g/mol. The summed E-state index contributed by atoms with van der Waals surface area (Å²) >= 11 is 7.43. The first-order valence-corrected chi connectivity index (χ1v) is 8.86. The summed E-state index contributed by atoms with van der Waals surface area (Å²) < 4.78 is 0.491. The number of carboxylic acid groups (broad SMARTS) is 1. The summed E-state index contributed by atoms with van der Waals surface area (Å²) in [6.07, 6.45) is 7.62. The lowest BCUT2D eigenvalue weighted by Crippen LogP contribution is -2.40. The van der Waals surface area contributed by atoms with Gasteiger partial charge in [-0.05, 0) is 43.2 Å². The number of aliphatic carboxylic acids is 1. The van der Waals surface area contributed by atoms with Crippen molar-refractivity contribution >= 4 is 34.7 Å². The molecule has 2 fully saturated rings. The predicted molar refractivity (Wildman–Crippen MR) is 89.2 cm³/mol. The highest BCUT2D eigenvalue weighted by Gasteiger charge is 2.53. The summed E-state index contributed by atoms with van der Waals surface area (Å²) in [5.41, 5.74) is 0.844. The van der Waals surface area contributed by atoms with Gasteiger partial charge >= 0.3 is 5.97 Å². The summed E-state index contributed by atoms with van der Waals surface area (Å²) in [5, 5.41) is 9.43. The van der Waals surface area contributed by atoms with Crippen molar-refractivity contribution in [2.24, 2.45) is 0 Å². The zero-order valence-corrected chi connectivity index (χ0v) is 14.0. The van der Waals surface area contributed by atoms with Gasteiger partial charge in [-0.25, -0.2) is 9.97 Å². The topological polar surface area (TPSA) is 66.3 Å². The van der Waals surface area contributed by atoms with Crippen LogP contribution in [-0.2, 0) is 10.3 Å². The van der Waals surface area contributed by atoms with E-state index in [1.54, 1.807) is 12.4 Å². The van der Waals surface area contributed by atoms with Crippen LogP contribution in [0.4, 0.5) is 5.82 Å². The number of aromatic nitrogens is 2. The lowest BCUT2D eigenvalue weighted by Gasteiger charge is -2.32. The molecule has 2 aromatic heterocycles. The SMILES string of the molecule is O=C(O)CN(c1ncccc1C1CC1)C1(c2cnc(Cl)s2)CC1. The average Bonchev–Trinajstić information content (AvgIpc) is 3.44. The Balaban J connectivity index is 1.78. The molecule has 1 N–H and O–H groups in total. The van der Waals surface area contributed by atoms with E-state index in [0.29, 0.717) is 10.4 Å². The summed E-state index contributed by atoms with van der Waals surface area (Å²) in [6, 6.07) is 4.00. The first-order chi connectivity index (χ1) is 11.1. The van der Waals surface area contributed by atoms with Gasteiger partial charge in [0.05, 0.1) is 10.4 Å². The summed E-state index contributed by atoms with van der Waals surface area (Å²) in [5.74, 6) is 0.467. The zero-order valence-electron chi connectivity index (χ0n) is 12.4. The second-order valence-electron chi connectivity index (χ2n) is 6.18. The van der Waals surface area contributed by atoms with Crippen LogP contribution in [0.3, 0.4) is 0 Å². The third kappa shape index (κ3) is 2.70. The molecule has 0 radical (unpaired) electrons. The molecule has 0 bridgehead atoms. The number of carbonyl (C=O) groups is 1. The van der Waals surface area contributed by atoms with E-state index in [0.717, 1.165) is 41.9 Å². The quantitative estimate of drug-likeness (QED) is 0.862. The Hall–Kier alpha value is -1.66. The molecule has 5 nitrogen and oxygen atoms in total. The Morgan fingerprint density at radius 2 is 2.22 bits per heavy atom. The van der Waals surface area contributed by atoms with Crippen LogP contribution in [0.25, 0.3) is 0 Å². The van der Waals surface area contributed by atoms with Crippen molar-refractivity contribution < 1.29 is 9.90 Å². The minimum absolute atomic E-state index is 0.0632. The normalized spacial score (nSPS) is 18.7. The molecule has 2 heterocycles. The lowest BCUT2D eigenvalue weighted by atomic mass is 10.1. The fraction of sp³-hybridized carbons (Fsp3) is 0.438. The van der Waals surface area contributed by atoms with Gasteiger partial charge in [0, 0.05) is 12.4 Å². The van der Waals surface area contributed by atoms with Gasteiger partial charge in [0.25, 0.3) is 0 Å². The maximum absolute atomic E-state index is 11.5. The molecule has 0 spiro atoms. The third-order valence-electron chi connectivity index (χ3n) is 4.56. The predicted octanol–water partition coefficient (Wildman–Crippen LogP) is 3.65. The largest absolute Gasteiger partial charge is 0.480 e. The monoisotopic (exact) mass is 349 g/mol. The van der Waals surface area contributed by atoms with Crippen LogP contribution in [0.2, 0.25) is 4.47 Å². The van der Waals surface area contributed by atoms with Crippen molar-refractivity contribution in [3.63, 3.8) is 0 Å². The molecule has 0 atom stereocenters. The van der Waals surface area contributed by atoms with E-state index in [1.165, 1.54) is 11.3 Å². The van der Waals surface area contributed by atoms with Crippen LogP contribution >= 0.6 is 22.9 Å². The van der Waals surface area contributed by atoms with E-state index < -0.39 is 5.97 Å². The molecule has 2 aromatic rings. The molecule has 2 aliphatic rings. The van der Waals surface area contributed by atoms with Gasteiger partial charge in [-0.15, -0.1) is 11.3 Å². The van der Waals surface area contributed by atoms with Crippen molar-refractivity contribution in [1.29, 1.82) is 0 Å². The van der Waals surface area contributed by atoms with Crippen molar-refractivity contribution in [2.75, 3.05) is 11.4 Å². The van der Waals surface area contributed by atoms with Crippen LogP contribution in [-0.4, -0.2) is 27.6 Å². The van der Waals surface area contributed by atoms with Crippen LogP contribution in [0, 0.1) is 0 Å². The van der Waals surface area contributed by atoms with Crippen molar-refractivity contribution in [3.05, 3.63) is 39.4 Å². The molecule has 2 aliphatic carbocycles. The minimum Gasteiger partial charge on any atom is -0.480 e. The van der Waals surface area contributed by atoms with E-state index in [9.17, 15) is 9.90 Å². The Bertz CT molecular complexity index is 755. The maximum atomic E-state index is 11.5.